The molecule has 0 bridgehead atoms. The van der Waals surface area contributed by atoms with Gasteiger partial charge in [0.1, 0.15) is 0 Å². The lowest BCUT2D eigenvalue weighted by atomic mass is 10.2. The Balaban J connectivity index is 1.60. The van der Waals surface area contributed by atoms with Crippen LogP contribution < -0.4 is 0 Å². The number of aromatic amines is 1. The van der Waals surface area contributed by atoms with Gasteiger partial charge in [0.2, 0.25) is 0 Å². The van der Waals surface area contributed by atoms with Crippen molar-refractivity contribution in [2.24, 2.45) is 0 Å². The minimum absolute atomic E-state index is 0.0404. The number of carbonyl (C=O) groups excluding carboxylic acids is 2. The summed E-state index contributed by atoms with van der Waals surface area (Å²) in [7, 11) is 0. The van der Waals surface area contributed by atoms with Crippen molar-refractivity contribution in [1.82, 2.24) is 20.0 Å². The second kappa shape index (κ2) is 5.46. The molecule has 20 heavy (non-hydrogen) atoms. The number of nitrogens with zero attached hydrogens (tertiary/aromatic N) is 3. The zero-order valence-electron chi connectivity index (χ0n) is 10.8. The molecule has 2 aromatic rings. The van der Waals surface area contributed by atoms with Crippen LogP contribution in [0.4, 0.5) is 0 Å². The van der Waals surface area contributed by atoms with Crippen LogP contribution in [0.2, 0.25) is 0 Å². The maximum atomic E-state index is 12.2. The first-order valence-corrected chi connectivity index (χ1v) is 7.29. The standard InChI is InChI=1S/C13H14N4O2S/c18-12(10-1-6-20-9-10)16-2-4-17(5-3-16)13(19)11-7-14-15-8-11/h1,6-9H,2-5H2,(H,14,15). The summed E-state index contributed by atoms with van der Waals surface area (Å²) >= 11 is 1.51. The van der Waals surface area contributed by atoms with Crippen LogP contribution in [0.5, 0.6) is 0 Å². The van der Waals surface area contributed by atoms with E-state index in [1.54, 1.807) is 16.0 Å². The Kier molecular flexibility index (Phi) is 3.51. The summed E-state index contributed by atoms with van der Waals surface area (Å²) in [5.74, 6) is 0.00282. The maximum absolute atomic E-state index is 12.2. The average molecular weight is 290 g/mol. The number of piperazine rings is 1. The number of H-pyrrole nitrogens is 1. The van der Waals surface area contributed by atoms with Gasteiger partial charge in [-0.05, 0) is 11.4 Å². The molecule has 1 saturated heterocycles. The summed E-state index contributed by atoms with van der Waals surface area (Å²) in [6.45, 7) is 2.25. The van der Waals surface area contributed by atoms with Gasteiger partial charge in [-0.15, -0.1) is 0 Å². The van der Waals surface area contributed by atoms with Crippen LogP contribution in [0.3, 0.4) is 0 Å². The fourth-order valence-electron chi connectivity index (χ4n) is 2.23. The van der Waals surface area contributed by atoms with E-state index in [2.05, 4.69) is 10.2 Å². The molecule has 2 amide bonds. The Hall–Kier alpha value is -2.15. The SMILES string of the molecule is O=C(c1cn[nH]c1)N1CCN(C(=O)c2ccsc2)CC1. The van der Waals surface area contributed by atoms with Gasteiger partial charge < -0.3 is 9.80 Å². The molecule has 0 radical (unpaired) electrons. The molecule has 0 aliphatic carbocycles. The zero-order valence-corrected chi connectivity index (χ0v) is 11.6. The third-order valence-electron chi connectivity index (χ3n) is 3.37. The predicted octanol–water partition coefficient (Wildman–Crippen LogP) is 1.07. The van der Waals surface area contributed by atoms with Crippen LogP contribution in [0.25, 0.3) is 0 Å². The number of aromatic nitrogens is 2. The molecule has 7 heteroatoms. The van der Waals surface area contributed by atoms with E-state index in [-0.39, 0.29) is 11.8 Å². The molecule has 1 N–H and O–H groups in total. The molecule has 0 unspecified atom stereocenters. The lowest BCUT2D eigenvalue weighted by Gasteiger charge is -2.34. The summed E-state index contributed by atoms with van der Waals surface area (Å²) < 4.78 is 0. The van der Waals surface area contributed by atoms with Crippen LogP contribution in [-0.4, -0.2) is 58.0 Å². The molecule has 0 saturated carbocycles. The monoisotopic (exact) mass is 290 g/mol. The van der Waals surface area contributed by atoms with Gasteiger partial charge in [0.05, 0.1) is 17.3 Å². The molecule has 3 rings (SSSR count). The third-order valence-corrected chi connectivity index (χ3v) is 4.05. The molecule has 1 fully saturated rings. The van der Waals surface area contributed by atoms with E-state index in [0.29, 0.717) is 31.7 Å². The molecule has 1 aliphatic heterocycles. The van der Waals surface area contributed by atoms with Crippen LogP contribution in [0.1, 0.15) is 20.7 Å². The number of hydrogen-bond donors (Lipinski definition) is 1. The van der Waals surface area contributed by atoms with E-state index >= 15 is 0 Å². The molecule has 2 aromatic heterocycles. The Morgan fingerprint density at radius 3 is 2.25 bits per heavy atom. The number of rotatable bonds is 2. The second-order valence-corrected chi connectivity index (χ2v) is 5.36. The topological polar surface area (TPSA) is 69.3 Å². The fourth-order valence-corrected chi connectivity index (χ4v) is 2.86. The number of nitrogens with one attached hydrogen (secondary N) is 1. The number of amides is 2. The molecular formula is C13H14N4O2S. The lowest BCUT2D eigenvalue weighted by Crippen LogP contribution is -2.50. The molecule has 104 valence electrons. The molecule has 0 spiro atoms. The van der Waals surface area contributed by atoms with Crippen molar-refractivity contribution >= 4 is 23.2 Å². The lowest BCUT2D eigenvalue weighted by molar-refractivity contribution is 0.0536. The Morgan fingerprint density at radius 1 is 1.10 bits per heavy atom. The normalized spacial score (nSPS) is 15.4. The Morgan fingerprint density at radius 2 is 1.75 bits per heavy atom. The quantitative estimate of drug-likeness (QED) is 0.899. The van der Waals surface area contributed by atoms with E-state index in [1.807, 2.05) is 16.8 Å². The molecular weight excluding hydrogens is 276 g/mol. The van der Waals surface area contributed by atoms with E-state index in [4.69, 9.17) is 0 Å². The van der Waals surface area contributed by atoms with Crippen molar-refractivity contribution in [2.75, 3.05) is 26.2 Å². The van der Waals surface area contributed by atoms with Crippen molar-refractivity contribution < 1.29 is 9.59 Å². The van der Waals surface area contributed by atoms with E-state index in [0.717, 1.165) is 5.56 Å². The molecule has 3 heterocycles. The highest BCUT2D eigenvalue weighted by Crippen LogP contribution is 2.13. The van der Waals surface area contributed by atoms with Crippen molar-refractivity contribution in [2.45, 2.75) is 0 Å². The van der Waals surface area contributed by atoms with Crippen molar-refractivity contribution in [3.05, 3.63) is 40.3 Å². The van der Waals surface area contributed by atoms with Gasteiger partial charge in [-0.25, -0.2) is 0 Å². The highest BCUT2D eigenvalue weighted by Gasteiger charge is 2.25. The first kappa shape index (κ1) is 12.9. The third kappa shape index (κ3) is 2.44. The summed E-state index contributed by atoms with van der Waals surface area (Å²) in [5, 5.41) is 10.2. The van der Waals surface area contributed by atoms with E-state index in [9.17, 15) is 9.59 Å². The van der Waals surface area contributed by atoms with Crippen LogP contribution in [0.15, 0.2) is 29.2 Å². The molecule has 6 nitrogen and oxygen atoms in total. The summed E-state index contributed by atoms with van der Waals surface area (Å²) in [4.78, 5) is 27.9. The number of carbonyl (C=O) groups is 2. The van der Waals surface area contributed by atoms with Crippen molar-refractivity contribution in [1.29, 1.82) is 0 Å². The molecule has 1 aliphatic rings. The van der Waals surface area contributed by atoms with Crippen LogP contribution in [0, 0.1) is 0 Å². The predicted molar refractivity (Wildman–Crippen MR) is 74.7 cm³/mol. The fraction of sp³-hybridized carbons (Fsp3) is 0.308. The van der Waals surface area contributed by atoms with Crippen LogP contribution >= 0.6 is 11.3 Å². The summed E-state index contributed by atoms with van der Waals surface area (Å²) in [5.41, 5.74) is 1.28. The second-order valence-electron chi connectivity index (χ2n) is 4.58. The summed E-state index contributed by atoms with van der Waals surface area (Å²) in [6, 6.07) is 1.83. The minimum Gasteiger partial charge on any atom is -0.335 e. The van der Waals surface area contributed by atoms with E-state index in [1.165, 1.54) is 17.5 Å². The van der Waals surface area contributed by atoms with Crippen molar-refractivity contribution in [3.63, 3.8) is 0 Å². The Bertz CT molecular complexity index is 532. The smallest absolute Gasteiger partial charge is 0.257 e. The van der Waals surface area contributed by atoms with Gasteiger partial charge in [-0.1, -0.05) is 0 Å². The maximum Gasteiger partial charge on any atom is 0.257 e. The van der Waals surface area contributed by atoms with Gasteiger partial charge >= 0.3 is 0 Å². The van der Waals surface area contributed by atoms with Gasteiger partial charge in [0, 0.05) is 37.8 Å². The van der Waals surface area contributed by atoms with Crippen LogP contribution in [-0.2, 0) is 0 Å². The van der Waals surface area contributed by atoms with Gasteiger partial charge in [0.25, 0.3) is 11.8 Å². The first-order valence-electron chi connectivity index (χ1n) is 6.35. The van der Waals surface area contributed by atoms with Gasteiger partial charge in [-0.3, -0.25) is 14.7 Å². The van der Waals surface area contributed by atoms with E-state index < -0.39 is 0 Å². The molecule has 0 atom stereocenters. The Labute approximate surface area is 120 Å². The van der Waals surface area contributed by atoms with Gasteiger partial charge in [-0.2, -0.15) is 16.4 Å². The van der Waals surface area contributed by atoms with Gasteiger partial charge in [0.15, 0.2) is 0 Å². The minimum atomic E-state index is -0.0404. The zero-order chi connectivity index (χ0) is 13.9. The van der Waals surface area contributed by atoms with Crippen molar-refractivity contribution in [3.8, 4) is 0 Å². The number of thiophene rings is 1. The molecule has 0 aromatic carbocycles. The average Bonchev–Trinajstić information content (AvgIpc) is 3.18. The highest BCUT2D eigenvalue weighted by molar-refractivity contribution is 7.08. The highest BCUT2D eigenvalue weighted by atomic mass is 32.1. The number of hydrogen-bond acceptors (Lipinski definition) is 4. The first-order chi connectivity index (χ1) is 9.75. The summed E-state index contributed by atoms with van der Waals surface area (Å²) in [6.07, 6.45) is 3.11. The largest absolute Gasteiger partial charge is 0.335 e.